The zero-order chi connectivity index (χ0) is 27.3. The van der Waals surface area contributed by atoms with Gasteiger partial charge < -0.3 is 18.6 Å². The van der Waals surface area contributed by atoms with Crippen molar-refractivity contribution in [3.05, 3.63) is 10.4 Å². The van der Waals surface area contributed by atoms with Crippen LogP contribution in [0.2, 0.25) is 18.1 Å². The van der Waals surface area contributed by atoms with Crippen LogP contribution >= 0.6 is 0 Å². The van der Waals surface area contributed by atoms with Crippen molar-refractivity contribution >= 4 is 14.3 Å². The Labute approximate surface area is 224 Å². The average molecular weight is 536 g/mol. The molecule has 0 aromatic heterocycles. The minimum atomic E-state index is -1.92. The fourth-order valence-electron chi connectivity index (χ4n) is 8.01. The number of azide groups is 1. The molecule has 0 bridgehead atoms. The van der Waals surface area contributed by atoms with Crippen LogP contribution in [0.5, 0.6) is 0 Å². The van der Waals surface area contributed by atoms with Gasteiger partial charge in [-0.15, -0.1) is 0 Å². The van der Waals surface area contributed by atoms with Gasteiger partial charge in [-0.1, -0.05) is 39.7 Å². The number of rotatable bonds is 6. The van der Waals surface area contributed by atoms with Gasteiger partial charge in [-0.05, 0) is 73.5 Å². The van der Waals surface area contributed by atoms with Crippen molar-refractivity contribution < 1.29 is 23.4 Å². The van der Waals surface area contributed by atoms with Gasteiger partial charge in [-0.3, -0.25) is 4.79 Å². The smallest absolute Gasteiger partial charge is 0.302 e. The standard InChI is InChI=1S/C28H49N3O5Si/c1-19(32)35-24-22(10-13-27(6)23(24)11-14-28(27)33-15-16-34-28)26(5)12-9-21(17-20(26)18-30-31-29)36-37(7,8)25(2,3)4/h20-24H,9-18H2,1-8H3/t20-,21?,22+,23+,24-,26+,27+/m1/s1. The highest BCUT2D eigenvalue weighted by Gasteiger charge is 2.67. The van der Waals surface area contributed by atoms with E-state index >= 15 is 0 Å². The van der Waals surface area contributed by atoms with Gasteiger partial charge in [0.2, 0.25) is 0 Å². The molecule has 3 aliphatic carbocycles. The summed E-state index contributed by atoms with van der Waals surface area (Å²) in [5, 5.41) is 4.22. The highest BCUT2D eigenvalue weighted by Crippen LogP contribution is 2.65. The van der Waals surface area contributed by atoms with Gasteiger partial charge in [0.05, 0.1) is 13.2 Å². The summed E-state index contributed by atoms with van der Waals surface area (Å²) in [5.74, 6) is -0.224. The van der Waals surface area contributed by atoms with Gasteiger partial charge in [0.25, 0.3) is 0 Å². The second-order valence-electron chi connectivity index (χ2n) is 14.1. The quantitative estimate of drug-likeness (QED) is 0.120. The van der Waals surface area contributed by atoms with E-state index in [1.807, 2.05) is 0 Å². The maximum absolute atomic E-state index is 12.4. The molecule has 1 aliphatic heterocycles. The topological polar surface area (TPSA) is 103 Å². The lowest BCUT2D eigenvalue weighted by Gasteiger charge is -2.57. The van der Waals surface area contributed by atoms with E-state index in [2.05, 4.69) is 57.7 Å². The first-order valence-electron chi connectivity index (χ1n) is 14.3. The molecule has 4 aliphatic rings. The second kappa shape index (κ2) is 10.1. The lowest BCUT2D eigenvalue weighted by Crippen LogP contribution is -2.58. The lowest BCUT2D eigenvalue weighted by molar-refractivity contribution is -0.252. The summed E-state index contributed by atoms with van der Waals surface area (Å²) in [5.41, 5.74) is 8.92. The molecule has 0 N–H and O–H groups in total. The summed E-state index contributed by atoms with van der Waals surface area (Å²) in [4.78, 5) is 15.6. The number of hydrogen-bond donors (Lipinski definition) is 0. The third-order valence-corrected chi connectivity index (χ3v) is 15.8. The molecule has 1 spiro atoms. The van der Waals surface area contributed by atoms with Crippen LogP contribution in [0.4, 0.5) is 0 Å². The van der Waals surface area contributed by atoms with Crippen LogP contribution in [0.15, 0.2) is 5.11 Å². The van der Waals surface area contributed by atoms with E-state index in [9.17, 15) is 10.3 Å². The van der Waals surface area contributed by atoms with Gasteiger partial charge in [0, 0.05) is 48.2 Å². The van der Waals surface area contributed by atoms with E-state index in [4.69, 9.17) is 18.6 Å². The highest BCUT2D eigenvalue weighted by atomic mass is 28.4. The summed E-state index contributed by atoms with van der Waals surface area (Å²) >= 11 is 0. The van der Waals surface area contributed by atoms with Crippen LogP contribution in [0.25, 0.3) is 10.4 Å². The third-order valence-electron chi connectivity index (χ3n) is 11.3. The SMILES string of the molecule is CC(=O)O[C@@H]1[C@@H]([C@@]2(C)CCC(O[Si](C)(C)C(C)(C)C)C[C@@H]2CN=[N+]=[N-])CC[C@@]2(C)[C@H]1CCC21OCCO1. The van der Waals surface area contributed by atoms with Crippen molar-refractivity contribution in [1.82, 2.24) is 0 Å². The minimum Gasteiger partial charge on any atom is -0.462 e. The van der Waals surface area contributed by atoms with Gasteiger partial charge in [0.1, 0.15) is 6.10 Å². The Bertz CT molecular complexity index is 910. The third kappa shape index (κ3) is 4.99. The molecule has 1 saturated heterocycles. The van der Waals surface area contributed by atoms with Crippen molar-refractivity contribution in [2.24, 2.45) is 33.7 Å². The van der Waals surface area contributed by atoms with E-state index in [0.29, 0.717) is 19.8 Å². The molecular weight excluding hydrogens is 486 g/mol. The molecule has 7 atom stereocenters. The summed E-state index contributed by atoms with van der Waals surface area (Å²) in [7, 11) is -1.92. The van der Waals surface area contributed by atoms with Crippen molar-refractivity contribution in [3.8, 4) is 0 Å². The minimum absolute atomic E-state index is 0.115. The number of hydrogen-bond acceptors (Lipinski definition) is 6. The van der Waals surface area contributed by atoms with Crippen molar-refractivity contribution in [1.29, 1.82) is 0 Å². The van der Waals surface area contributed by atoms with Crippen molar-refractivity contribution in [2.75, 3.05) is 19.8 Å². The van der Waals surface area contributed by atoms with Crippen molar-refractivity contribution in [3.63, 3.8) is 0 Å². The zero-order valence-corrected chi connectivity index (χ0v) is 25.3. The van der Waals surface area contributed by atoms with E-state index in [-0.39, 0.29) is 51.8 Å². The Hall–Kier alpha value is -1.12. The number of carbonyl (C=O) groups is 1. The molecule has 0 aromatic carbocycles. The fourth-order valence-corrected chi connectivity index (χ4v) is 9.41. The summed E-state index contributed by atoms with van der Waals surface area (Å²) in [6.07, 6.45) is 6.51. The number of fused-ring (bicyclic) bond motifs is 2. The van der Waals surface area contributed by atoms with Crippen molar-refractivity contribution in [2.45, 2.75) is 123 Å². The Morgan fingerprint density at radius 1 is 1.08 bits per heavy atom. The highest BCUT2D eigenvalue weighted by molar-refractivity contribution is 6.74. The Kier molecular flexibility index (Phi) is 7.90. The van der Waals surface area contributed by atoms with Crippen LogP contribution < -0.4 is 0 Å². The van der Waals surface area contributed by atoms with Crippen LogP contribution in [0, 0.1) is 28.6 Å². The second-order valence-corrected chi connectivity index (χ2v) is 18.9. The molecule has 0 amide bonds. The molecule has 0 aromatic rings. The van der Waals surface area contributed by atoms with E-state index in [0.717, 1.165) is 44.9 Å². The first-order valence-corrected chi connectivity index (χ1v) is 17.2. The molecule has 1 unspecified atom stereocenters. The molecule has 9 heteroatoms. The molecular formula is C28H49N3O5Si. The van der Waals surface area contributed by atoms with E-state index in [1.54, 1.807) is 0 Å². The lowest BCUT2D eigenvalue weighted by atomic mass is 9.51. The van der Waals surface area contributed by atoms with Crippen LogP contribution in [0.3, 0.4) is 0 Å². The average Bonchev–Trinajstić information content (AvgIpc) is 3.39. The first-order chi connectivity index (χ1) is 17.2. The predicted octanol–water partition coefficient (Wildman–Crippen LogP) is 6.99. The largest absolute Gasteiger partial charge is 0.462 e. The Balaban J connectivity index is 1.62. The van der Waals surface area contributed by atoms with Gasteiger partial charge in [-0.25, -0.2) is 0 Å². The molecule has 210 valence electrons. The summed E-state index contributed by atoms with van der Waals surface area (Å²) in [6.45, 7) is 19.3. The van der Waals surface area contributed by atoms with Gasteiger partial charge in [0.15, 0.2) is 14.1 Å². The monoisotopic (exact) mass is 535 g/mol. The van der Waals surface area contributed by atoms with Gasteiger partial charge in [-0.2, -0.15) is 0 Å². The first kappa shape index (κ1) is 28.9. The molecule has 3 saturated carbocycles. The molecule has 1 heterocycles. The fraction of sp³-hybridized carbons (Fsp3) is 0.964. The molecule has 8 nitrogen and oxygen atoms in total. The Morgan fingerprint density at radius 2 is 1.73 bits per heavy atom. The Morgan fingerprint density at radius 3 is 2.32 bits per heavy atom. The summed E-state index contributed by atoms with van der Waals surface area (Å²) < 4.78 is 25.6. The van der Waals surface area contributed by atoms with E-state index < -0.39 is 14.1 Å². The van der Waals surface area contributed by atoms with Crippen LogP contribution in [-0.2, 0) is 23.4 Å². The normalized spacial score (nSPS) is 39.7. The molecule has 0 radical (unpaired) electrons. The molecule has 4 fully saturated rings. The predicted molar refractivity (Wildman–Crippen MR) is 145 cm³/mol. The number of nitrogens with zero attached hydrogens (tertiary/aromatic N) is 3. The number of esters is 1. The van der Waals surface area contributed by atoms with E-state index in [1.165, 1.54) is 6.92 Å². The molecule has 4 rings (SSSR count). The van der Waals surface area contributed by atoms with Crippen LogP contribution in [-0.4, -0.2) is 52.0 Å². The van der Waals surface area contributed by atoms with Crippen LogP contribution in [0.1, 0.15) is 86.5 Å². The number of ether oxygens (including phenoxy) is 3. The maximum Gasteiger partial charge on any atom is 0.302 e. The summed E-state index contributed by atoms with van der Waals surface area (Å²) in [6, 6.07) is 0. The van der Waals surface area contributed by atoms with Gasteiger partial charge >= 0.3 is 5.97 Å². The zero-order valence-electron chi connectivity index (χ0n) is 24.3. The number of carbonyl (C=O) groups excluding carboxylic acids is 1. The maximum atomic E-state index is 12.4. The molecule has 37 heavy (non-hydrogen) atoms.